The number of amides is 3. The zero-order valence-corrected chi connectivity index (χ0v) is 17.8. The lowest BCUT2D eigenvalue weighted by Crippen LogP contribution is -2.54. The monoisotopic (exact) mass is 495 g/mol. The van der Waals surface area contributed by atoms with Crippen LogP contribution in [0, 0.1) is 11.6 Å². The number of nitrogens with one attached hydrogen (secondary N) is 2. The van der Waals surface area contributed by atoms with Gasteiger partial charge >= 0.3 is 12.2 Å². The number of urea groups is 1. The normalized spacial score (nSPS) is 13.5. The van der Waals surface area contributed by atoms with Crippen LogP contribution in [0.15, 0.2) is 30.3 Å². The lowest BCUT2D eigenvalue weighted by atomic mass is 10.1. The number of rotatable bonds is 3. The largest absolute Gasteiger partial charge is 0.507 e. The number of β-amino-alcohol motifs (C(OH)–C–C–N with tert-alkyl or cyclic N) is 1. The maximum Gasteiger partial charge on any atom is 0.388 e. The fourth-order valence-electron chi connectivity index (χ4n) is 2.45. The Labute approximate surface area is 189 Å². The molecule has 33 heavy (non-hydrogen) atoms. The van der Waals surface area contributed by atoms with Gasteiger partial charge in [-0.3, -0.25) is 4.79 Å². The lowest BCUT2D eigenvalue weighted by Gasteiger charge is -2.35. The molecule has 4 N–H and O–H groups in total. The Morgan fingerprint density at radius 3 is 2.27 bits per heavy atom. The predicted octanol–water partition coefficient (Wildman–Crippen LogP) is 4.74. The van der Waals surface area contributed by atoms with Crippen molar-refractivity contribution in [3.63, 3.8) is 0 Å². The highest BCUT2D eigenvalue weighted by atomic mass is 35.5. The molecule has 1 aliphatic rings. The number of anilines is 2. The number of aliphatic hydroxyl groups excluding tert-OH is 1. The van der Waals surface area contributed by atoms with Crippen LogP contribution in [0.25, 0.3) is 0 Å². The zero-order chi connectivity index (χ0) is 24.9. The second-order valence-electron chi connectivity index (χ2n) is 6.86. The van der Waals surface area contributed by atoms with E-state index in [1.165, 1.54) is 17.0 Å². The highest BCUT2D eigenvalue weighted by Crippen LogP contribution is 2.29. The van der Waals surface area contributed by atoms with Crippen molar-refractivity contribution in [2.75, 3.05) is 23.7 Å². The minimum absolute atomic E-state index is 0.0658. The molecule has 0 aromatic heterocycles. The number of carbonyl (C=O) groups is 2. The van der Waals surface area contributed by atoms with Crippen molar-refractivity contribution in [3.05, 3.63) is 52.6 Å². The quantitative estimate of drug-likeness (QED) is 0.462. The van der Waals surface area contributed by atoms with Crippen molar-refractivity contribution in [3.8, 4) is 5.75 Å². The molecule has 3 amide bonds. The minimum atomic E-state index is -3.96. The first kappa shape index (κ1) is 26.1. The Bertz CT molecular complexity index is 1010. The molecule has 0 bridgehead atoms. The first-order valence-electron chi connectivity index (χ1n) is 9.41. The number of benzene rings is 2. The van der Waals surface area contributed by atoms with Crippen molar-refractivity contribution in [2.45, 2.75) is 25.6 Å². The van der Waals surface area contributed by atoms with Crippen molar-refractivity contribution >= 4 is 34.9 Å². The van der Waals surface area contributed by atoms with Gasteiger partial charge in [0, 0.05) is 12.5 Å². The van der Waals surface area contributed by atoms with Crippen LogP contribution < -0.4 is 10.6 Å². The summed E-state index contributed by atoms with van der Waals surface area (Å²) in [5, 5.41) is 23.5. The number of para-hydroxylation sites is 1. The number of phenolic OH excluding ortho intramolecular Hbond substituents is 1. The number of likely N-dealkylation sites (tertiary alicyclic amines) is 1. The molecule has 0 saturated carbocycles. The first-order chi connectivity index (χ1) is 15.3. The van der Waals surface area contributed by atoms with Gasteiger partial charge in [0.15, 0.2) is 0 Å². The summed E-state index contributed by atoms with van der Waals surface area (Å²) in [6.07, 6.45) is -5.31. The summed E-state index contributed by atoms with van der Waals surface area (Å²) < 4.78 is 60.3. The number of hydrogen-bond donors (Lipinski definition) is 4. The molecule has 0 radical (unpaired) electrons. The number of aromatic hydroxyl groups is 1. The maximum absolute atomic E-state index is 14.2. The van der Waals surface area contributed by atoms with Crippen molar-refractivity contribution in [1.29, 1.82) is 0 Å². The van der Waals surface area contributed by atoms with Gasteiger partial charge in [-0.15, -0.1) is 0 Å². The Morgan fingerprint density at radius 1 is 1.15 bits per heavy atom. The van der Waals surface area contributed by atoms with Crippen molar-refractivity contribution in [2.24, 2.45) is 0 Å². The van der Waals surface area contributed by atoms with Gasteiger partial charge in [-0.2, -0.15) is 13.2 Å². The smallest absolute Gasteiger partial charge is 0.388 e. The molecule has 0 aliphatic carbocycles. The van der Waals surface area contributed by atoms with Crippen molar-refractivity contribution < 1.29 is 41.8 Å². The Balaban J connectivity index is 0.000000569. The van der Waals surface area contributed by atoms with E-state index < -0.39 is 53.6 Å². The van der Waals surface area contributed by atoms with Gasteiger partial charge in [0.2, 0.25) is 0 Å². The Morgan fingerprint density at radius 2 is 1.76 bits per heavy atom. The van der Waals surface area contributed by atoms with Gasteiger partial charge in [-0.05, 0) is 18.2 Å². The van der Waals surface area contributed by atoms with Crippen LogP contribution in [0.4, 0.5) is 38.1 Å². The van der Waals surface area contributed by atoms with E-state index in [1.807, 2.05) is 0 Å². The summed E-state index contributed by atoms with van der Waals surface area (Å²) >= 11 is 5.81. The summed E-state index contributed by atoms with van der Waals surface area (Å²) in [6, 6.07) is 4.69. The van der Waals surface area contributed by atoms with Crippen LogP contribution in [0.1, 0.15) is 23.7 Å². The molecule has 3 rings (SSSR count). The highest BCUT2D eigenvalue weighted by molar-refractivity contribution is 6.34. The molecule has 180 valence electrons. The van der Waals surface area contributed by atoms with Crippen molar-refractivity contribution in [1.82, 2.24) is 4.90 Å². The van der Waals surface area contributed by atoms with E-state index in [4.69, 9.17) is 11.6 Å². The van der Waals surface area contributed by atoms with E-state index in [-0.39, 0.29) is 29.5 Å². The first-order valence-corrected chi connectivity index (χ1v) is 9.78. The molecule has 2 aromatic rings. The molecule has 0 spiro atoms. The summed E-state index contributed by atoms with van der Waals surface area (Å²) in [6.45, 7) is 1.31. The lowest BCUT2D eigenvalue weighted by molar-refractivity contribution is -0.130. The number of phenols is 1. The Hall–Kier alpha value is -3.12. The molecule has 0 atom stereocenters. The number of halogens is 6. The molecule has 1 fully saturated rings. The second-order valence-corrected chi connectivity index (χ2v) is 7.26. The van der Waals surface area contributed by atoms with E-state index >= 15 is 0 Å². The fourth-order valence-corrected chi connectivity index (χ4v) is 2.66. The molecule has 1 heterocycles. The summed E-state index contributed by atoms with van der Waals surface area (Å²) in [5.41, 5.74) is -1.12. The zero-order valence-electron chi connectivity index (χ0n) is 17.0. The molecular formula is C20H19ClF5N3O4. The van der Waals surface area contributed by atoms with Gasteiger partial charge in [-0.25, -0.2) is 13.6 Å². The molecule has 7 nitrogen and oxygen atoms in total. The third-order valence-corrected chi connectivity index (χ3v) is 4.64. The number of carbonyl (C=O) groups excluding carboxylic acids is 2. The highest BCUT2D eigenvalue weighted by Gasteiger charge is 2.29. The molecular weight excluding hydrogens is 477 g/mol. The summed E-state index contributed by atoms with van der Waals surface area (Å²) in [7, 11) is 0. The number of hydrogen-bond acceptors (Lipinski definition) is 4. The van der Waals surface area contributed by atoms with Crippen LogP contribution in [-0.2, 0) is 0 Å². The van der Waals surface area contributed by atoms with Crippen LogP contribution in [0.3, 0.4) is 0 Å². The third-order valence-electron chi connectivity index (χ3n) is 4.32. The van der Waals surface area contributed by atoms with Crippen LogP contribution in [0.5, 0.6) is 5.75 Å². The molecule has 13 heteroatoms. The molecule has 1 aliphatic heterocycles. The topological polar surface area (TPSA) is 102 Å². The third kappa shape index (κ3) is 7.19. The number of nitrogens with zero attached hydrogens (tertiary/aromatic N) is 1. The van der Waals surface area contributed by atoms with Gasteiger partial charge in [-0.1, -0.05) is 24.6 Å². The average Bonchev–Trinajstić information content (AvgIpc) is 2.70. The predicted molar refractivity (Wildman–Crippen MR) is 110 cm³/mol. The van der Waals surface area contributed by atoms with Crippen LogP contribution >= 0.6 is 11.6 Å². The molecule has 0 unspecified atom stereocenters. The van der Waals surface area contributed by atoms with Gasteiger partial charge < -0.3 is 25.7 Å². The average molecular weight is 496 g/mol. The Kier molecular flexibility index (Phi) is 8.45. The van der Waals surface area contributed by atoms with E-state index in [0.717, 1.165) is 19.1 Å². The van der Waals surface area contributed by atoms with E-state index in [1.54, 1.807) is 0 Å². The van der Waals surface area contributed by atoms with Crippen LogP contribution in [-0.4, -0.2) is 52.4 Å². The number of alkyl halides is 3. The molecule has 2 aromatic carbocycles. The number of aliphatic hydroxyl groups is 1. The summed E-state index contributed by atoms with van der Waals surface area (Å²) in [5.74, 6) is -3.38. The fraction of sp³-hybridized carbons (Fsp3) is 0.300. The maximum atomic E-state index is 14.2. The van der Waals surface area contributed by atoms with E-state index in [9.17, 15) is 41.8 Å². The van der Waals surface area contributed by atoms with Crippen LogP contribution in [0.2, 0.25) is 5.02 Å². The van der Waals surface area contributed by atoms with Gasteiger partial charge in [0.05, 0.1) is 41.2 Å². The SMILES string of the molecule is CCC(F)(F)F.O=C(Nc1c(F)cccc1Cl)c1cc(F)c(NC(=O)N2CC(O)C2)cc1O. The van der Waals surface area contributed by atoms with E-state index in [2.05, 4.69) is 10.6 Å². The standard InChI is InChI=1S/C17H14ClF2N3O4.C3H5F3/c18-10-2-1-3-11(19)15(10)22-16(26)9-4-12(20)13(5-14(9)25)21-17(27)23-6-8(24)7-23;1-2-3(4,5)6/h1-5,8,24-25H,6-7H2,(H,21,27)(H,22,26);2H2,1H3. The summed E-state index contributed by atoms with van der Waals surface area (Å²) in [4.78, 5) is 25.3. The second kappa shape index (κ2) is 10.7. The molecule has 1 saturated heterocycles. The van der Waals surface area contributed by atoms with Gasteiger partial charge in [0.25, 0.3) is 5.91 Å². The minimum Gasteiger partial charge on any atom is -0.507 e. The van der Waals surface area contributed by atoms with E-state index in [0.29, 0.717) is 6.07 Å². The van der Waals surface area contributed by atoms with Gasteiger partial charge in [0.1, 0.15) is 17.4 Å².